The molecule has 0 radical (unpaired) electrons. The Morgan fingerprint density at radius 2 is 2.11 bits per heavy atom. The van der Waals surface area contributed by atoms with Crippen LogP contribution < -0.4 is 5.32 Å². The molecule has 0 spiro atoms. The van der Waals surface area contributed by atoms with Gasteiger partial charge in [0.1, 0.15) is 0 Å². The molecule has 0 aromatic heterocycles. The highest BCUT2D eigenvalue weighted by Crippen LogP contribution is 2.32. The Morgan fingerprint density at radius 1 is 1.32 bits per heavy atom. The Kier molecular flexibility index (Phi) is 3.90. The zero-order chi connectivity index (χ0) is 13.2. The smallest absolute Gasteiger partial charge is 0.0329 e. The molecule has 2 unspecified atom stereocenters. The van der Waals surface area contributed by atoms with Crippen LogP contribution >= 0.6 is 0 Å². The first kappa shape index (κ1) is 13.1. The van der Waals surface area contributed by atoms with Gasteiger partial charge in [-0.1, -0.05) is 23.8 Å². The topological polar surface area (TPSA) is 15.3 Å². The van der Waals surface area contributed by atoms with Gasteiger partial charge < -0.3 is 10.2 Å². The number of hydrogen-bond acceptors (Lipinski definition) is 2. The number of hydrogen-bond donors (Lipinski definition) is 1. The molecular weight excluding hydrogens is 232 g/mol. The Balaban J connectivity index is 1.60. The number of fused-ring (bicyclic) bond motifs is 1. The molecule has 0 saturated carbocycles. The predicted octanol–water partition coefficient (Wildman–Crippen LogP) is 3.06. The molecule has 1 saturated heterocycles. The van der Waals surface area contributed by atoms with Gasteiger partial charge in [-0.15, -0.1) is 0 Å². The summed E-state index contributed by atoms with van der Waals surface area (Å²) >= 11 is 0. The number of rotatable bonds is 4. The molecule has 104 valence electrons. The van der Waals surface area contributed by atoms with Crippen molar-refractivity contribution in [2.45, 2.75) is 51.6 Å². The van der Waals surface area contributed by atoms with Gasteiger partial charge >= 0.3 is 0 Å². The minimum Gasteiger partial charge on any atom is -0.306 e. The van der Waals surface area contributed by atoms with Crippen LogP contribution in [0.3, 0.4) is 0 Å². The van der Waals surface area contributed by atoms with E-state index in [1.54, 1.807) is 11.1 Å². The molecule has 2 atom stereocenters. The summed E-state index contributed by atoms with van der Waals surface area (Å²) < 4.78 is 0. The molecule has 1 fully saturated rings. The summed E-state index contributed by atoms with van der Waals surface area (Å²) in [4.78, 5) is 2.60. The van der Waals surface area contributed by atoms with Crippen LogP contribution in [0.15, 0.2) is 18.2 Å². The van der Waals surface area contributed by atoms with E-state index in [0.717, 1.165) is 0 Å². The third kappa shape index (κ3) is 3.01. The molecule has 2 nitrogen and oxygen atoms in total. The van der Waals surface area contributed by atoms with Crippen LogP contribution in [0.5, 0.6) is 0 Å². The molecule has 1 heterocycles. The van der Waals surface area contributed by atoms with Crippen LogP contribution in [-0.2, 0) is 6.42 Å². The molecule has 0 bridgehead atoms. The first-order valence-corrected chi connectivity index (χ1v) is 7.80. The SMILES string of the molecule is Cc1ccc2c(c1)C(NC(C)CN1CCCC1)CC2. The Morgan fingerprint density at radius 3 is 2.89 bits per heavy atom. The maximum Gasteiger partial charge on any atom is 0.0329 e. The van der Waals surface area contributed by atoms with Gasteiger partial charge in [-0.3, -0.25) is 0 Å². The molecule has 1 aliphatic heterocycles. The van der Waals surface area contributed by atoms with Crippen molar-refractivity contribution in [1.29, 1.82) is 0 Å². The van der Waals surface area contributed by atoms with Crippen molar-refractivity contribution in [2.24, 2.45) is 0 Å². The van der Waals surface area contributed by atoms with Crippen molar-refractivity contribution < 1.29 is 0 Å². The molecule has 1 aromatic rings. The molecular formula is C17H26N2. The molecule has 2 heteroatoms. The largest absolute Gasteiger partial charge is 0.306 e. The summed E-state index contributed by atoms with van der Waals surface area (Å²) in [5, 5.41) is 3.85. The van der Waals surface area contributed by atoms with Crippen LogP contribution in [0.1, 0.15) is 48.9 Å². The fourth-order valence-corrected chi connectivity index (χ4v) is 3.64. The van der Waals surface area contributed by atoms with Crippen molar-refractivity contribution >= 4 is 0 Å². The lowest BCUT2D eigenvalue weighted by Gasteiger charge is -2.25. The Bertz CT molecular complexity index is 435. The first-order chi connectivity index (χ1) is 9.22. The monoisotopic (exact) mass is 258 g/mol. The van der Waals surface area contributed by atoms with Crippen LogP contribution in [0.2, 0.25) is 0 Å². The molecule has 2 aliphatic rings. The van der Waals surface area contributed by atoms with Gasteiger partial charge in [-0.05, 0) is 63.7 Å². The fraction of sp³-hybridized carbons (Fsp3) is 0.647. The zero-order valence-corrected chi connectivity index (χ0v) is 12.3. The number of aryl methyl sites for hydroxylation is 2. The Hall–Kier alpha value is -0.860. The third-order valence-corrected chi connectivity index (χ3v) is 4.60. The number of nitrogens with one attached hydrogen (secondary N) is 1. The molecule has 3 rings (SSSR count). The summed E-state index contributed by atoms with van der Waals surface area (Å²) in [7, 11) is 0. The molecule has 1 aliphatic carbocycles. The first-order valence-electron chi connectivity index (χ1n) is 7.80. The van der Waals surface area contributed by atoms with Crippen LogP contribution in [0, 0.1) is 6.92 Å². The van der Waals surface area contributed by atoms with E-state index in [4.69, 9.17) is 0 Å². The third-order valence-electron chi connectivity index (χ3n) is 4.60. The standard InChI is InChI=1S/C17H26N2/c1-13-5-6-15-7-8-17(16(15)11-13)18-14(2)12-19-9-3-4-10-19/h5-6,11,14,17-18H,3-4,7-10,12H2,1-2H3. The second-order valence-electron chi connectivity index (χ2n) is 6.37. The molecule has 1 N–H and O–H groups in total. The number of nitrogens with zero attached hydrogens (tertiary/aromatic N) is 1. The van der Waals surface area contributed by atoms with Gasteiger partial charge in [0.15, 0.2) is 0 Å². The summed E-state index contributed by atoms with van der Waals surface area (Å²) in [6, 6.07) is 8.11. The van der Waals surface area contributed by atoms with E-state index in [9.17, 15) is 0 Å². The average molecular weight is 258 g/mol. The van der Waals surface area contributed by atoms with E-state index in [1.165, 1.54) is 50.9 Å². The van der Waals surface area contributed by atoms with Crippen molar-refractivity contribution in [3.63, 3.8) is 0 Å². The normalized spacial score (nSPS) is 24.6. The highest BCUT2D eigenvalue weighted by molar-refractivity contribution is 5.37. The van der Waals surface area contributed by atoms with Crippen LogP contribution in [-0.4, -0.2) is 30.6 Å². The van der Waals surface area contributed by atoms with Crippen molar-refractivity contribution in [3.8, 4) is 0 Å². The quantitative estimate of drug-likeness (QED) is 0.893. The molecule has 0 amide bonds. The van der Waals surface area contributed by atoms with E-state index >= 15 is 0 Å². The van der Waals surface area contributed by atoms with E-state index in [-0.39, 0.29) is 0 Å². The lowest BCUT2D eigenvalue weighted by Crippen LogP contribution is -2.39. The Labute approximate surface area is 117 Å². The predicted molar refractivity (Wildman–Crippen MR) is 80.5 cm³/mol. The molecule has 19 heavy (non-hydrogen) atoms. The summed E-state index contributed by atoms with van der Waals surface area (Å²) in [6.45, 7) is 8.34. The lowest BCUT2D eigenvalue weighted by molar-refractivity contribution is 0.286. The minimum absolute atomic E-state index is 0.576. The highest BCUT2D eigenvalue weighted by atomic mass is 15.2. The summed E-state index contributed by atoms with van der Waals surface area (Å²) in [6.07, 6.45) is 5.28. The zero-order valence-electron chi connectivity index (χ0n) is 12.3. The van der Waals surface area contributed by atoms with Gasteiger partial charge in [0.05, 0.1) is 0 Å². The maximum absolute atomic E-state index is 3.85. The van der Waals surface area contributed by atoms with E-state index in [1.807, 2.05) is 0 Å². The van der Waals surface area contributed by atoms with Crippen molar-refractivity contribution in [2.75, 3.05) is 19.6 Å². The summed E-state index contributed by atoms with van der Waals surface area (Å²) in [5.41, 5.74) is 4.49. The highest BCUT2D eigenvalue weighted by Gasteiger charge is 2.24. The van der Waals surface area contributed by atoms with E-state index in [2.05, 4.69) is 42.3 Å². The van der Waals surface area contributed by atoms with E-state index < -0.39 is 0 Å². The molecule has 1 aromatic carbocycles. The van der Waals surface area contributed by atoms with Gasteiger partial charge in [0.2, 0.25) is 0 Å². The van der Waals surface area contributed by atoms with Gasteiger partial charge in [0, 0.05) is 18.6 Å². The van der Waals surface area contributed by atoms with Crippen LogP contribution in [0.25, 0.3) is 0 Å². The van der Waals surface area contributed by atoms with Crippen LogP contribution in [0.4, 0.5) is 0 Å². The second-order valence-corrected chi connectivity index (χ2v) is 6.37. The minimum atomic E-state index is 0.576. The van der Waals surface area contributed by atoms with Crippen molar-refractivity contribution in [1.82, 2.24) is 10.2 Å². The maximum atomic E-state index is 3.85. The lowest BCUT2D eigenvalue weighted by atomic mass is 10.0. The van der Waals surface area contributed by atoms with Gasteiger partial charge in [0.25, 0.3) is 0 Å². The number of likely N-dealkylation sites (tertiary alicyclic amines) is 1. The van der Waals surface area contributed by atoms with Gasteiger partial charge in [-0.2, -0.15) is 0 Å². The van der Waals surface area contributed by atoms with Gasteiger partial charge in [-0.25, -0.2) is 0 Å². The number of benzene rings is 1. The fourth-order valence-electron chi connectivity index (χ4n) is 3.64. The average Bonchev–Trinajstić information content (AvgIpc) is 3.00. The summed E-state index contributed by atoms with van der Waals surface area (Å²) in [5.74, 6) is 0. The second kappa shape index (κ2) is 5.64. The van der Waals surface area contributed by atoms with Crippen molar-refractivity contribution in [3.05, 3.63) is 34.9 Å². The van der Waals surface area contributed by atoms with E-state index in [0.29, 0.717) is 12.1 Å².